The van der Waals surface area contributed by atoms with Gasteiger partial charge in [-0.15, -0.1) is 0 Å². The van der Waals surface area contributed by atoms with Crippen LogP contribution in [0.15, 0.2) is 24.3 Å². The highest BCUT2D eigenvalue weighted by Crippen LogP contribution is 2.40. The van der Waals surface area contributed by atoms with E-state index in [1.54, 1.807) is 24.3 Å². The first kappa shape index (κ1) is 14.1. The van der Waals surface area contributed by atoms with Crippen LogP contribution in [-0.2, 0) is 9.59 Å². The normalized spacial score (nSPS) is 24.6. The van der Waals surface area contributed by atoms with Crippen molar-refractivity contribution in [1.82, 2.24) is 10.2 Å². The Hall–Kier alpha value is -1.88. The van der Waals surface area contributed by atoms with Gasteiger partial charge in [-0.25, -0.2) is 4.79 Å². The molecule has 2 aliphatic rings. The third kappa shape index (κ3) is 2.21. The highest BCUT2D eigenvalue weighted by atomic mass is 35.5. The maximum Gasteiger partial charge on any atom is 0.331 e. The third-order valence-electron chi connectivity index (χ3n) is 4.32. The number of imide groups is 2. The van der Waals surface area contributed by atoms with Gasteiger partial charge >= 0.3 is 6.03 Å². The standard InChI is InChI=1S/C15H15ClN2O3/c1-15(6-3-7-15)18-13(20)11(12(19)17-14(18)21)9-4-2-5-10(16)8-9/h2,4-5,8,11H,3,6-7H2,1H3,(H,17,19,21). The fraction of sp³-hybridized carbons (Fsp3) is 0.400. The number of benzene rings is 1. The van der Waals surface area contributed by atoms with Gasteiger partial charge in [-0.05, 0) is 43.9 Å². The van der Waals surface area contributed by atoms with Crippen molar-refractivity contribution >= 4 is 29.4 Å². The van der Waals surface area contributed by atoms with Gasteiger partial charge < -0.3 is 0 Å². The van der Waals surface area contributed by atoms with Crippen molar-refractivity contribution in [3.8, 4) is 0 Å². The maximum absolute atomic E-state index is 12.7. The Morgan fingerprint density at radius 1 is 1.29 bits per heavy atom. The summed E-state index contributed by atoms with van der Waals surface area (Å²) in [6, 6.07) is 5.99. The summed E-state index contributed by atoms with van der Waals surface area (Å²) >= 11 is 5.93. The molecule has 110 valence electrons. The van der Waals surface area contributed by atoms with Crippen LogP contribution in [0.25, 0.3) is 0 Å². The first-order valence-electron chi connectivity index (χ1n) is 6.87. The number of hydrogen-bond donors (Lipinski definition) is 1. The SMILES string of the molecule is CC1(N2C(=O)NC(=O)C(c3cccc(Cl)c3)C2=O)CCC1. The van der Waals surface area contributed by atoms with E-state index in [0.29, 0.717) is 10.6 Å². The van der Waals surface area contributed by atoms with Crippen LogP contribution in [-0.4, -0.2) is 28.3 Å². The molecule has 21 heavy (non-hydrogen) atoms. The maximum atomic E-state index is 12.7. The average Bonchev–Trinajstić information content (AvgIpc) is 2.36. The van der Waals surface area contributed by atoms with Gasteiger partial charge in [-0.1, -0.05) is 23.7 Å². The second kappa shape index (κ2) is 4.84. The summed E-state index contributed by atoms with van der Waals surface area (Å²) in [5, 5.41) is 2.74. The highest BCUT2D eigenvalue weighted by molar-refractivity contribution is 6.30. The van der Waals surface area contributed by atoms with Crippen LogP contribution in [0.3, 0.4) is 0 Å². The molecule has 1 aliphatic carbocycles. The van der Waals surface area contributed by atoms with Gasteiger partial charge in [-0.3, -0.25) is 19.8 Å². The van der Waals surface area contributed by atoms with Gasteiger partial charge in [0.05, 0.1) is 0 Å². The van der Waals surface area contributed by atoms with Crippen molar-refractivity contribution < 1.29 is 14.4 Å². The lowest BCUT2D eigenvalue weighted by atomic mass is 9.76. The number of hydrogen-bond acceptors (Lipinski definition) is 3. The van der Waals surface area contributed by atoms with E-state index in [1.165, 1.54) is 4.90 Å². The van der Waals surface area contributed by atoms with Crippen molar-refractivity contribution in [3.63, 3.8) is 0 Å². The zero-order chi connectivity index (χ0) is 15.2. The zero-order valence-electron chi connectivity index (χ0n) is 11.6. The Morgan fingerprint density at radius 2 is 2.00 bits per heavy atom. The van der Waals surface area contributed by atoms with Crippen LogP contribution in [0, 0.1) is 0 Å². The summed E-state index contributed by atoms with van der Waals surface area (Å²) in [6.45, 7) is 1.87. The Bertz CT molecular complexity index is 640. The molecule has 1 aromatic rings. The Morgan fingerprint density at radius 3 is 2.57 bits per heavy atom. The molecule has 1 aliphatic heterocycles. The van der Waals surface area contributed by atoms with Crippen LogP contribution in [0.5, 0.6) is 0 Å². The lowest BCUT2D eigenvalue weighted by Crippen LogP contribution is -2.66. The fourth-order valence-corrected chi connectivity index (χ4v) is 3.18. The van der Waals surface area contributed by atoms with E-state index in [0.717, 1.165) is 19.3 Å². The first-order chi connectivity index (χ1) is 9.92. The van der Waals surface area contributed by atoms with Crippen molar-refractivity contribution in [2.24, 2.45) is 0 Å². The summed E-state index contributed by atoms with van der Waals surface area (Å²) in [5.74, 6) is -2.07. The van der Waals surface area contributed by atoms with Crippen molar-refractivity contribution in [1.29, 1.82) is 0 Å². The van der Waals surface area contributed by atoms with E-state index in [9.17, 15) is 14.4 Å². The molecule has 0 radical (unpaired) electrons. The molecule has 1 aromatic carbocycles. The van der Waals surface area contributed by atoms with E-state index in [1.807, 2.05) is 6.92 Å². The summed E-state index contributed by atoms with van der Waals surface area (Å²) in [7, 11) is 0. The molecule has 0 bridgehead atoms. The number of barbiturate groups is 1. The Kier molecular flexibility index (Phi) is 3.24. The van der Waals surface area contributed by atoms with E-state index in [2.05, 4.69) is 5.32 Å². The molecule has 0 aromatic heterocycles. The van der Waals surface area contributed by atoms with Gasteiger partial charge in [0, 0.05) is 10.6 Å². The molecule has 1 N–H and O–H groups in total. The third-order valence-corrected chi connectivity index (χ3v) is 4.55. The first-order valence-corrected chi connectivity index (χ1v) is 7.24. The van der Waals surface area contributed by atoms with Gasteiger partial charge in [0.1, 0.15) is 5.92 Å². The van der Waals surface area contributed by atoms with E-state index in [4.69, 9.17) is 11.6 Å². The van der Waals surface area contributed by atoms with Crippen molar-refractivity contribution in [2.45, 2.75) is 37.6 Å². The smallest absolute Gasteiger partial charge is 0.277 e. The number of halogens is 1. The number of rotatable bonds is 2. The number of urea groups is 1. The summed E-state index contributed by atoms with van der Waals surface area (Å²) in [4.78, 5) is 38.0. The van der Waals surface area contributed by atoms with Crippen LogP contribution in [0.2, 0.25) is 5.02 Å². The largest absolute Gasteiger partial charge is 0.331 e. The van der Waals surface area contributed by atoms with E-state index >= 15 is 0 Å². The molecule has 6 heteroatoms. The molecule has 1 unspecified atom stereocenters. The second-order valence-corrected chi connectivity index (χ2v) is 6.24. The highest BCUT2D eigenvalue weighted by Gasteiger charge is 2.51. The summed E-state index contributed by atoms with van der Waals surface area (Å²) < 4.78 is 0. The fourth-order valence-electron chi connectivity index (χ4n) is 2.98. The lowest BCUT2D eigenvalue weighted by molar-refractivity contribution is -0.144. The minimum atomic E-state index is -1.01. The second-order valence-electron chi connectivity index (χ2n) is 5.81. The number of amides is 4. The van der Waals surface area contributed by atoms with Crippen LogP contribution < -0.4 is 5.32 Å². The molecule has 2 fully saturated rings. The predicted octanol–water partition coefficient (Wildman–Crippen LogP) is 2.44. The van der Waals surface area contributed by atoms with Crippen molar-refractivity contribution in [3.05, 3.63) is 34.9 Å². The quantitative estimate of drug-likeness (QED) is 0.853. The Balaban J connectivity index is 1.99. The average molecular weight is 307 g/mol. The van der Waals surface area contributed by atoms with Crippen LogP contribution >= 0.6 is 11.6 Å². The molecule has 1 heterocycles. The molecule has 3 rings (SSSR count). The zero-order valence-corrected chi connectivity index (χ0v) is 12.3. The number of carbonyl (C=O) groups is 3. The molecular weight excluding hydrogens is 292 g/mol. The lowest BCUT2D eigenvalue weighted by Gasteiger charge is -2.48. The summed E-state index contributed by atoms with van der Waals surface area (Å²) in [6.07, 6.45) is 2.51. The molecule has 0 spiro atoms. The van der Waals surface area contributed by atoms with E-state index < -0.39 is 29.3 Å². The molecule has 1 saturated carbocycles. The molecule has 5 nitrogen and oxygen atoms in total. The van der Waals surface area contributed by atoms with E-state index in [-0.39, 0.29) is 0 Å². The minimum Gasteiger partial charge on any atom is -0.277 e. The van der Waals surface area contributed by atoms with Crippen LogP contribution in [0.1, 0.15) is 37.7 Å². The molecular formula is C15H15ClN2O3. The molecule has 1 atom stereocenters. The number of nitrogens with one attached hydrogen (secondary N) is 1. The van der Waals surface area contributed by atoms with Gasteiger partial charge in [0.15, 0.2) is 0 Å². The Labute approximate surface area is 127 Å². The number of nitrogens with zero attached hydrogens (tertiary/aromatic N) is 1. The van der Waals surface area contributed by atoms with Crippen LogP contribution in [0.4, 0.5) is 4.79 Å². The van der Waals surface area contributed by atoms with Gasteiger partial charge in [0.2, 0.25) is 11.8 Å². The summed E-state index contributed by atoms with van der Waals surface area (Å²) in [5.41, 5.74) is 0.0176. The monoisotopic (exact) mass is 306 g/mol. The van der Waals surface area contributed by atoms with Gasteiger partial charge in [0.25, 0.3) is 0 Å². The number of carbonyl (C=O) groups excluding carboxylic acids is 3. The van der Waals surface area contributed by atoms with Gasteiger partial charge in [-0.2, -0.15) is 0 Å². The topological polar surface area (TPSA) is 66.5 Å². The minimum absolute atomic E-state index is 0.450. The van der Waals surface area contributed by atoms with Crippen molar-refractivity contribution in [2.75, 3.05) is 0 Å². The molecule has 1 saturated heterocycles. The predicted molar refractivity (Wildman–Crippen MR) is 76.8 cm³/mol. The molecule has 4 amide bonds.